The van der Waals surface area contributed by atoms with Gasteiger partial charge in [0.05, 0.1) is 19.1 Å². The number of likely N-dealkylation sites (tertiary alicyclic amines) is 1. The van der Waals surface area contributed by atoms with E-state index in [-0.39, 0.29) is 18.5 Å². The normalized spacial score (nSPS) is 18.5. The third-order valence-electron chi connectivity index (χ3n) is 5.44. The molecule has 0 radical (unpaired) electrons. The van der Waals surface area contributed by atoms with E-state index < -0.39 is 5.41 Å². The van der Waals surface area contributed by atoms with Gasteiger partial charge in [0.2, 0.25) is 0 Å². The Labute approximate surface area is 177 Å². The highest BCUT2D eigenvalue weighted by atomic mass is 16.5. The zero-order valence-corrected chi connectivity index (χ0v) is 17.6. The molecule has 6 nitrogen and oxygen atoms in total. The van der Waals surface area contributed by atoms with E-state index in [0.29, 0.717) is 44.0 Å². The number of methoxy groups -OCH3 is 1. The molecule has 6 heteroatoms. The van der Waals surface area contributed by atoms with Crippen molar-refractivity contribution in [2.45, 2.75) is 26.2 Å². The van der Waals surface area contributed by atoms with E-state index in [1.807, 2.05) is 42.5 Å². The molecule has 0 unspecified atom stereocenters. The average Bonchev–Trinajstić information content (AvgIpc) is 2.78. The van der Waals surface area contributed by atoms with Crippen LogP contribution in [0.2, 0.25) is 0 Å². The number of ether oxygens (including phenoxy) is 3. The average molecular weight is 411 g/mol. The summed E-state index contributed by atoms with van der Waals surface area (Å²) in [6, 6.07) is 17.1. The van der Waals surface area contributed by atoms with Gasteiger partial charge >= 0.3 is 5.97 Å². The fourth-order valence-corrected chi connectivity index (χ4v) is 3.97. The highest BCUT2D eigenvalue weighted by molar-refractivity contribution is 5.82. The summed E-state index contributed by atoms with van der Waals surface area (Å²) in [4.78, 5) is 27.6. The molecule has 0 N–H and O–H groups in total. The third kappa shape index (κ3) is 5.12. The van der Waals surface area contributed by atoms with E-state index >= 15 is 0 Å². The van der Waals surface area contributed by atoms with Crippen molar-refractivity contribution in [1.82, 2.24) is 4.90 Å². The Hall–Kier alpha value is -3.02. The quantitative estimate of drug-likeness (QED) is 0.622. The molecule has 1 fully saturated rings. The van der Waals surface area contributed by atoms with Gasteiger partial charge in [-0.1, -0.05) is 42.5 Å². The van der Waals surface area contributed by atoms with Crippen LogP contribution in [0.3, 0.4) is 0 Å². The Bertz CT molecular complexity index is 854. The van der Waals surface area contributed by atoms with Gasteiger partial charge in [-0.2, -0.15) is 0 Å². The van der Waals surface area contributed by atoms with Gasteiger partial charge in [0.1, 0.15) is 0 Å². The number of nitrogens with zero attached hydrogens (tertiary/aromatic N) is 1. The van der Waals surface area contributed by atoms with Gasteiger partial charge in [0.15, 0.2) is 18.1 Å². The molecule has 1 heterocycles. The summed E-state index contributed by atoms with van der Waals surface area (Å²) in [6.45, 7) is 2.95. The summed E-state index contributed by atoms with van der Waals surface area (Å²) in [7, 11) is 1.56. The van der Waals surface area contributed by atoms with Gasteiger partial charge in [0, 0.05) is 13.1 Å². The van der Waals surface area contributed by atoms with E-state index in [1.165, 1.54) is 0 Å². The van der Waals surface area contributed by atoms with Crippen molar-refractivity contribution in [1.29, 1.82) is 0 Å². The van der Waals surface area contributed by atoms with Crippen molar-refractivity contribution in [3.05, 3.63) is 60.2 Å². The molecule has 160 valence electrons. The number of benzene rings is 2. The van der Waals surface area contributed by atoms with Crippen LogP contribution in [0.1, 0.15) is 25.3 Å². The summed E-state index contributed by atoms with van der Waals surface area (Å²) in [6.07, 6.45) is 1.98. The first kappa shape index (κ1) is 21.7. The molecule has 0 saturated carbocycles. The predicted molar refractivity (Wildman–Crippen MR) is 114 cm³/mol. The summed E-state index contributed by atoms with van der Waals surface area (Å²) in [5.74, 6) is 0.708. The van der Waals surface area contributed by atoms with E-state index in [2.05, 4.69) is 0 Å². The van der Waals surface area contributed by atoms with Crippen LogP contribution in [0.15, 0.2) is 54.6 Å². The van der Waals surface area contributed by atoms with Crippen LogP contribution in [-0.4, -0.2) is 50.2 Å². The first-order valence-corrected chi connectivity index (χ1v) is 10.3. The number of carbonyl (C=O) groups is 2. The minimum absolute atomic E-state index is 0.107. The largest absolute Gasteiger partial charge is 0.493 e. The molecule has 3 rings (SSSR count). The van der Waals surface area contributed by atoms with Crippen LogP contribution in [0, 0.1) is 5.41 Å². The molecule has 2 aromatic rings. The lowest BCUT2D eigenvalue weighted by atomic mass is 9.75. The first-order valence-electron chi connectivity index (χ1n) is 10.3. The Balaban J connectivity index is 1.72. The van der Waals surface area contributed by atoms with Crippen molar-refractivity contribution >= 4 is 11.9 Å². The van der Waals surface area contributed by atoms with Crippen LogP contribution in [0.4, 0.5) is 0 Å². The smallest absolute Gasteiger partial charge is 0.314 e. The number of esters is 1. The monoisotopic (exact) mass is 411 g/mol. The molecule has 1 aliphatic heterocycles. The zero-order chi connectivity index (χ0) is 21.4. The fourth-order valence-electron chi connectivity index (χ4n) is 3.97. The zero-order valence-electron chi connectivity index (χ0n) is 17.6. The second kappa shape index (κ2) is 10.1. The van der Waals surface area contributed by atoms with Crippen LogP contribution in [0.5, 0.6) is 11.5 Å². The third-order valence-corrected chi connectivity index (χ3v) is 5.44. The van der Waals surface area contributed by atoms with Gasteiger partial charge in [-0.25, -0.2) is 0 Å². The second-order valence-corrected chi connectivity index (χ2v) is 7.52. The molecular weight excluding hydrogens is 382 g/mol. The number of rotatable bonds is 8. The van der Waals surface area contributed by atoms with Gasteiger partial charge in [-0.3, -0.25) is 9.59 Å². The lowest BCUT2D eigenvalue weighted by Crippen LogP contribution is -2.52. The second-order valence-electron chi connectivity index (χ2n) is 7.52. The number of hydrogen-bond donors (Lipinski definition) is 0. The first-order chi connectivity index (χ1) is 14.6. The van der Waals surface area contributed by atoms with Crippen LogP contribution in [0.25, 0.3) is 0 Å². The summed E-state index contributed by atoms with van der Waals surface area (Å²) >= 11 is 0. The molecule has 30 heavy (non-hydrogen) atoms. The van der Waals surface area contributed by atoms with Gasteiger partial charge in [0.25, 0.3) is 5.91 Å². The number of carbonyl (C=O) groups excluding carboxylic acids is 2. The Morgan fingerprint density at radius 1 is 1.03 bits per heavy atom. The SMILES string of the molecule is CCOC(=O)[C@]1(Cc2ccccc2)CCCN(C(=O)COc2ccccc2OC)C1. The number of para-hydroxylation sites is 2. The molecule has 0 aliphatic carbocycles. The maximum absolute atomic E-state index is 12.9. The summed E-state index contributed by atoms with van der Waals surface area (Å²) in [5.41, 5.74) is 0.320. The van der Waals surface area contributed by atoms with Crippen LogP contribution in [-0.2, 0) is 20.7 Å². The van der Waals surface area contributed by atoms with E-state index in [0.717, 1.165) is 12.0 Å². The molecule has 0 bridgehead atoms. The number of amides is 1. The summed E-state index contributed by atoms with van der Waals surface area (Å²) in [5, 5.41) is 0. The van der Waals surface area contributed by atoms with Crippen molar-refractivity contribution in [2.24, 2.45) is 5.41 Å². The standard InChI is InChI=1S/C24H29NO5/c1-3-29-23(27)24(16-19-10-5-4-6-11-19)14-9-15-25(18-24)22(26)17-30-21-13-8-7-12-20(21)28-2/h4-8,10-13H,3,9,14-18H2,1-2H3/t24-/m0/s1. The fraction of sp³-hybridized carbons (Fsp3) is 0.417. The molecule has 0 aromatic heterocycles. The maximum atomic E-state index is 12.9. The lowest BCUT2D eigenvalue weighted by Gasteiger charge is -2.41. The topological polar surface area (TPSA) is 65.1 Å². The molecule has 1 saturated heterocycles. The van der Waals surface area contributed by atoms with E-state index in [9.17, 15) is 9.59 Å². The van der Waals surface area contributed by atoms with Crippen molar-refractivity contribution in [2.75, 3.05) is 33.4 Å². The number of hydrogen-bond acceptors (Lipinski definition) is 5. The maximum Gasteiger partial charge on any atom is 0.314 e. The molecule has 1 aliphatic rings. The minimum Gasteiger partial charge on any atom is -0.493 e. The molecular formula is C24H29NO5. The molecule has 0 spiro atoms. The van der Waals surface area contributed by atoms with Gasteiger partial charge < -0.3 is 19.1 Å². The van der Waals surface area contributed by atoms with Crippen molar-refractivity contribution < 1.29 is 23.8 Å². The van der Waals surface area contributed by atoms with Crippen LogP contribution < -0.4 is 9.47 Å². The Morgan fingerprint density at radius 3 is 2.43 bits per heavy atom. The predicted octanol–water partition coefficient (Wildman–Crippen LogP) is 3.49. The van der Waals surface area contributed by atoms with Crippen molar-refractivity contribution in [3.8, 4) is 11.5 Å². The van der Waals surface area contributed by atoms with Crippen molar-refractivity contribution in [3.63, 3.8) is 0 Å². The van der Waals surface area contributed by atoms with Gasteiger partial charge in [-0.15, -0.1) is 0 Å². The van der Waals surface area contributed by atoms with E-state index in [4.69, 9.17) is 14.2 Å². The molecule has 1 amide bonds. The lowest BCUT2D eigenvalue weighted by molar-refractivity contribution is -0.161. The molecule has 1 atom stereocenters. The summed E-state index contributed by atoms with van der Waals surface area (Å²) < 4.78 is 16.4. The van der Waals surface area contributed by atoms with Gasteiger partial charge in [-0.05, 0) is 43.9 Å². The number of piperidine rings is 1. The molecule has 2 aromatic carbocycles. The van der Waals surface area contributed by atoms with Crippen LogP contribution >= 0.6 is 0 Å². The highest BCUT2D eigenvalue weighted by Gasteiger charge is 2.44. The minimum atomic E-state index is -0.740. The Morgan fingerprint density at radius 2 is 1.73 bits per heavy atom. The Kier molecular flexibility index (Phi) is 7.33. The van der Waals surface area contributed by atoms with E-state index in [1.54, 1.807) is 31.1 Å². The highest BCUT2D eigenvalue weighted by Crippen LogP contribution is 2.35.